The van der Waals surface area contributed by atoms with Gasteiger partial charge in [-0.25, -0.2) is 13.2 Å². The first-order chi connectivity index (χ1) is 15.1. The second-order valence-corrected chi connectivity index (χ2v) is 9.04. The van der Waals surface area contributed by atoms with Crippen LogP contribution in [0.4, 0.5) is 5.69 Å². The van der Waals surface area contributed by atoms with Crippen LogP contribution >= 0.6 is 11.6 Å². The molecule has 0 aliphatic heterocycles. The molecule has 0 fully saturated rings. The van der Waals surface area contributed by atoms with Crippen LogP contribution in [0.1, 0.15) is 38.1 Å². The number of hydrogen-bond acceptors (Lipinski definition) is 6. The molecule has 0 saturated carbocycles. The summed E-state index contributed by atoms with van der Waals surface area (Å²) in [6, 6.07) is 10.6. The van der Waals surface area contributed by atoms with Crippen LogP contribution in [0.5, 0.6) is 5.75 Å². The predicted molar refractivity (Wildman–Crippen MR) is 123 cm³/mol. The first-order valence-electron chi connectivity index (χ1n) is 10.2. The van der Waals surface area contributed by atoms with E-state index >= 15 is 0 Å². The highest BCUT2D eigenvalue weighted by molar-refractivity contribution is 7.89. The Morgan fingerprint density at radius 2 is 1.69 bits per heavy atom. The number of esters is 1. The Labute approximate surface area is 193 Å². The van der Waals surface area contributed by atoms with Crippen molar-refractivity contribution in [3.8, 4) is 5.75 Å². The lowest BCUT2D eigenvalue weighted by atomic mass is 10.2. The van der Waals surface area contributed by atoms with Gasteiger partial charge in [0.05, 0.1) is 17.2 Å². The second-order valence-electron chi connectivity index (χ2n) is 6.73. The Bertz CT molecular complexity index is 1050. The van der Waals surface area contributed by atoms with E-state index in [2.05, 4.69) is 5.32 Å². The fourth-order valence-electron chi connectivity index (χ4n) is 2.86. The number of halogens is 1. The highest BCUT2D eigenvalue weighted by Crippen LogP contribution is 2.26. The molecule has 2 aromatic carbocycles. The third-order valence-electron chi connectivity index (χ3n) is 4.58. The first kappa shape index (κ1) is 25.6. The molecule has 1 amide bonds. The van der Waals surface area contributed by atoms with Crippen molar-refractivity contribution in [3.63, 3.8) is 0 Å². The fraction of sp³-hybridized carbons (Fsp3) is 0.364. The molecule has 32 heavy (non-hydrogen) atoms. The number of nitrogens with zero attached hydrogens (tertiary/aromatic N) is 1. The van der Waals surface area contributed by atoms with Crippen molar-refractivity contribution in [2.75, 3.05) is 25.0 Å². The van der Waals surface area contributed by atoms with Gasteiger partial charge in [-0.1, -0.05) is 25.4 Å². The van der Waals surface area contributed by atoms with E-state index in [4.69, 9.17) is 21.1 Å². The average Bonchev–Trinajstić information content (AvgIpc) is 2.76. The SMILES string of the molecule is CCOc1ccc(NC(=O)C(C)OC(=O)c2ccc(Cl)c(S(=O)(=O)N(CC)CC)c2)cc1. The highest BCUT2D eigenvalue weighted by Gasteiger charge is 2.27. The molecule has 174 valence electrons. The Balaban J connectivity index is 2.12. The molecule has 1 N–H and O–H groups in total. The number of benzene rings is 2. The van der Waals surface area contributed by atoms with Crippen molar-refractivity contribution in [1.29, 1.82) is 0 Å². The molecule has 2 rings (SSSR count). The minimum atomic E-state index is -3.88. The Morgan fingerprint density at radius 3 is 2.25 bits per heavy atom. The van der Waals surface area contributed by atoms with Crippen molar-refractivity contribution < 1.29 is 27.5 Å². The van der Waals surface area contributed by atoms with Gasteiger partial charge < -0.3 is 14.8 Å². The lowest BCUT2D eigenvalue weighted by Crippen LogP contribution is -2.31. The summed E-state index contributed by atoms with van der Waals surface area (Å²) in [6.45, 7) is 7.75. The van der Waals surface area contributed by atoms with Gasteiger partial charge in [0.1, 0.15) is 10.6 Å². The van der Waals surface area contributed by atoms with Crippen LogP contribution in [-0.4, -0.2) is 50.4 Å². The fourth-order valence-corrected chi connectivity index (χ4v) is 4.82. The van der Waals surface area contributed by atoms with Gasteiger partial charge in [-0.05, 0) is 56.3 Å². The molecular formula is C22H27ClN2O6S. The van der Waals surface area contributed by atoms with Gasteiger partial charge in [-0.15, -0.1) is 0 Å². The molecule has 8 nitrogen and oxygen atoms in total. The Hall–Kier alpha value is -2.62. The number of anilines is 1. The number of carbonyl (C=O) groups is 2. The topological polar surface area (TPSA) is 102 Å². The van der Waals surface area contributed by atoms with Crippen molar-refractivity contribution in [2.45, 2.75) is 38.7 Å². The van der Waals surface area contributed by atoms with Gasteiger partial charge in [0.2, 0.25) is 10.0 Å². The summed E-state index contributed by atoms with van der Waals surface area (Å²) in [5.41, 5.74) is 0.487. The van der Waals surface area contributed by atoms with E-state index in [1.807, 2.05) is 6.92 Å². The van der Waals surface area contributed by atoms with E-state index in [0.29, 0.717) is 18.0 Å². The standard InChI is InChI=1S/C22H27ClN2O6S/c1-5-25(6-2)32(28,29)20-14-16(8-13-19(20)23)22(27)31-15(4)21(26)24-17-9-11-18(12-10-17)30-7-3/h8-15H,5-7H2,1-4H3,(H,24,26). The molecule has 2 aromatic rings. The molecule has 0 aromatic heterocycles. The summed E-state index contributed by atoms with van der Waals surface area (Å²) < 4.78 is 37.4. The van der Waals surface area contributed by atoms with Crippen molar-refractivity contribution in [2.24, 2.45) is 0 Å². The molecule has 0 aliphatic carbocycles. The number of nitrogens with one attached hydrogen (secondary N) is 1. The number of hydrogen-bond donors (Lipinski definition) is 1. The number of sulfonamides is 1. The number of amides is 1. The van der Waals surface area contributed by atoms with Crippen LogP contribution in [0.2, 0.25) is 5.02 Å². The van der Waals surface area contributed by atoms with Crippen molar-refractivity contribution >= 4 is 39.2 Å². The van der Waals surface area contributed by atoms with E-state index in [1.54, 1.807) is 38.1 Å². The molecule has 0 radical (unpaired) electrons. The van der Waals surface area contributed by atoms with Crippen LogP contribution in [0.3, 0.4) is 0 Å². The minimum absolute atomic E-state index is 0.00487. The Kier molecular flexibility index (Phi) is 9.06. The van der Waals surface area contributed by atoms with Gasteiger partial charge in [0.15, 0.2) is 6.10 Å². The molecule has 0 saturated heterocycles. The zero-order chi connectivity index (χ0) is 23.9. The molecule has 10 heteroatoms. The quantitative estimate of drug-likeness (QED) is 0.514. The summed E-state index contributed by atoms with van der Waals surface area (Å²) >= 11 is 6.09. The van der Waals surface area contributed by atoms with Gasteiger partial charge in [-0.2, -0.15) is 4.31 Å². The minimum Gasteiger partial charge on any atom is -0.494 e. The van der Waals surface area contributed by atoms with Crippen LogP contribution < -0.4 is 10.1 Å². The smallest absolute Gasteiger partial charge is 0.338 e. The van der Waals surface area contributed by atoms with E-state index in [1.165, 1.54) is 23.4 Å². The molecular weight excluding hydrogens is 456 g/mol. The molecule has 0 spiro atoms. The normalized spacial score (nSPS) is 12.3. The zero-order valence-electron chi connectivity index (χ0n) is 18.4. The molecule has 0 aliphatic rings. The highest BCUT2D eigenvalue weighted by atomic mass is 35.5. The molecule has 1 unspecified atom stereocenters. The van der Waals surface area contributed by atoms with Gasteiger partial charge in [-0.3, -0.25) is 4.79 Å². The van der Waals surface area contributed by atoms with Crippen molar-refractivity contribution in [3.05, 3.63) is 53.1 Å². The van der Waals surface area contributed by atoms with Gasteiger partial charge in [0.25, 0.3) is 5.91 Å². The van der Waals surface area contributed by atoms with E-state index < -0.39 is 28.0 Å². The van der Waals surface area contributed by atoms with E-state index in [0.717, 1.165) is 6.07 Å². The monoisotopic (exact) mass is 482 g/mol. The number of rotatable bonds is 10. The predicted octanol–water partition coefficient (Wildman–Crippen LogP) is 3.95. The second kappa shape index (κ2) is 11.3. The van der Waals surface area contributed by atoms with Gasteiger partial charge >= 0.3 is 5.97 Å². The maximum absolute atomic E-state index is 12.8. The maximum Gasteiger partial charge on any atom is 0.338 e. The summed E-state index contributed by atoms with van der Waals surface area (Å²) in [5, 5.41) is 2.64. The van der Waals surface area contributed by atoms with E-state index in [9.17, 15) is 18.0 Å². The summed E-state index contributed by atoms with van der Waals surface area (Å²) in [6.07, 6.45) is -1.12. The summed E-state index contributed by atoms with van der Waals surface area (Å²) in [7, 11) is -3.88. The summed E-state index contributed by atoms with van der Waals surface area (Å²) in [5.74, 6) is -0.706. The number of carbonyl (C=O) groups excluding carboxylic acids is 2. The third kappa shape index (κ3) is 6.21. The van der Waals surface area contributed by atoms with Crippen molar-refractivity contribution in [1.82, 2.24) is 4.31 Å². The van der Waals surface area contributed by atoms with E-state index in [-0.39, 0.29) is 28.6 Å². The number of ether oxygens (including phenoxy) is 2. The third-order valence-corrected chi connectivity index (χ3v) is 7.11. The van der Waals surface area contributed by atoms with Crippen LogP contribution in [0, 0.1) is 0 Å². The van der Waals surface area contributed by atoms with Crippen LogP contribution in [0.15, 0.2) is 47.4 Å². The maximum atomic E-state index is 12.8. The lowest BCUT2D eigenvalue weighted by molar-refractivity contribution is -0.123. The first-order valence-corrected chi connectivity index (χ1v) is 12.0. The van der Waals surface area contributed by atoms with Crippen LogP contribution in [-0.2, 0) is 19.6 Å². The largest absolute Gasteiger partial charge is 0.494 e. The molecule has 0 heterocycles. The molecule has 0 bridgehead atoms. The summed E-state index contributed by atoms with van der Waals surface area (Å²) in [4.78, 5) is 24.8. The molecule has 1 atom stereocenters. The van der Waals surface area contributed by atoms with Crippen LogP contribution in [0.25, 0.3) is 0 Å². The van der Waals surface area contributed by atoms with Gasteiger partial charge in [0, 0.05) is 18.8 Å². The average molecular weight is 483 g/mol. The lowest BCUT2D eigenvalue weighted by Gasteiger charge is -2.20. The Morgan fingerprint density at radius 1 is 1.06 bits per heavy atom. The zero-order valence-corrected chi connectivity index (χ0v) is 20.0.